The monoisotopic (exact) mass is 606 g/mol. The molecule has 0 aromatic rings. The molecule has 2 saturated carbocycles. The van der Waals surface area contributed by atoms with Gasteiger partial charge in [-0.1, -0.05) is 61.3 Å². The predicted molar refractivity (Wildman–Crippen MR) is 158 cm³/mol. The Balaban J connectivity index is 1.78. The van der Waals surface area contributed by atoms with Crippen molar-refractivity contribution in [3.05, 3.63) is 0 Å². The van der Waals surface area contributed by atoms with Crippen LogP contribution in [0.4, 0.5) is 9.59 Å². The number of carbonyl (C=O) groups is 6. The summed E-state index contributed by atoms with van der Waals surface area (Å²) < 4.78 is 5.27. The predicted octanol–water partition coefficient (Wildman–Crippen LogP) is 1.25. The molecule has 0 aromatic carbocycles. The van der Waals surface area contributed by atoms with Crippen LogP contribution in [0.25, 0.3) is 0 Å². The summed E-state index contributed by atoms with van der Waals surface area (Å²) in [5, 5.41) is 8.38. The van der Waals surface area contributed by atoms with Gasteiger partial charge in [0.1, 0.15) is 18.7 Å². The highest BCUT2D eigenvalue weighted by atomic mass is 16.6. The van der Waals surface area contributed by atoms with Crippen molar-refractivity contribution in [2.75, 3.05) is 27.2 Å². The normalized spacial score (nSPS) is 24.2. The fourth-order valence-electron chi connectivity index (χ4n) is 6.01. The van der Waals surface area contributed by atoms with E-state index in [-0.39, 0.29) is 35.7 Å². The van der Waals surface area contributed by atoms with Crippen LogP contribution in [0.3, 0.4) is 0 Å². The SMILES string of the molecule is CC(C)[C@@H](COC(=O)N(C)C)NC(=O)N[C@H](C(=O)N1C[C@H]2[C@@H]([C@H]1C(=O)NC(CC1CC1)C(=O)C(N)=O)C2(C)C)C(C)(C)C. The lowest BCUT2D eigenvalue weighted by atomic mass is 9.85. The van der Waals surface area contributed by atoms with Crippen molar-refractivity contribution < 1.29 is 33.5 Å². The summed E-state index contributed by atoms with van der Waals surface area (Å²) in [5.41, 5.74) is 4.36. The first-order valence-electron chi connectivity index (χ1n) is 15.1. The summed E-state index contributed by atoms with van der Waals surface area (Å²) in [6.07, 6.45) is 1.63. The third-order valence-electron chi connectivity index (χ3n) is 9.16. The van der Waals surface area contributed by atoms with Gasteiger partial charge in [-0.3, -0.25) is 19.2 Å². The number of ketones is 1. The molecule has 3 fully saturated rings. The minimum Gasteiger partial charge on any atom is -0.447 e. The molecular formula is C30H50N6O7. The highest BCUT2D eigenvalue weighted by Gasteiger charge is 2.70. The Hall–Kier alpha value is -3.38. The number of rotatable bonds is 12. The third kappa shape index (κ3) is 7.97. The Morgan fingerprint density at radius 1 is 1.02 bits per heavy atom. The number of urea groups is 1. The number of nitrogens with one attached hydrogen (secondary N) is 3. The van der Waals surface area contributed by atoms with E-state index in [1.54, 1.807) is 14.1 Å². The van der Waals surface area contributed by atoms with E-state index in [4.69, 9.17) is 10.5 Å². The maximum atomic E-state index is 14.1. The van der Waals surface area contributed by atoms with Crippen LogP contribution >= 0.6 is 0 Å². The molecule has 1 unspecified atom stereocenters. The zero-order valence-electron chi connectivity index (χ0n) is 27.0. The molecule has 0 radical (unpaired) electrons. The smallest absolute Gasteiger partial charge is 0.409 e. The molecule has 242 valence electrons. The van der Waals surface area contributed by atoms with Gasteiger partial charge in [-0.05, 0) is 40.9 Å². The first kappa shape index (κ1) is 34.1. The number of likely N-dealkylation sites (tertiary alicyclic amines) is 1. The highest BCUT2D eigenvalue weighted by Crippen LogP contribution is 2.65. The summed E-state index contributed by atoms with van der Waals surface area (Å²) in [5.74, 6) is -2.73. The van der Waals surface area contributed by atoms with Gasteiger partial charge in [0.2, 0.25) is 17.6 Å². The van der Waals surface area contributed by atoms with E-state index in [0.29, 0.717) is 13.0 Å². The summed E-state index contributed by atoms with van der Waals surface area (Å²) in [7, 11) is 3.12. The number of ether oxygens (including phenoxy) is 1. The van der Waals surface area contributed by atoms with Crippen LogP contribution in [0.15, 0.2) is 0 Å². The maximum Gasteiger partial charge on any atom is 0.409 e. The molecule has 2 aliphatic carbocycles. The van der Waals surface area contributed by atoms with Crippen LogP contribution in [-0.2, 0) is 23.9 Å². The molecule has 6 amide bonds. The Morgan fingerprint density at radius 2 is 1.63 bits per heavy atom. The van der Waals surface area contributed by atoms with Crippen molar-refractivity contribution in [1.82, 2.24) is 25.8 Å². The van der Waals surface area contributed by atoms with Crippen molar-refractivity contribution in [3.8, 4) is 0 Å². The molecule has 13 heteroatoms. The van der Waals surface area contributed by atoms with E-state index in [1.807, 2.05) is 48.5 Å². The summed E-state index contributed by atoms with van der Waals surface area (Å²) >= 11 is 0. The second kappa shape index (κ2) is 12.7. The van der Waals surface area contributed by atoms with E-state index < -0.39 is 65.2 Å². The molecule has 1 saturated heterocycles. The Labute approximate surface area is 254 Å². The standard InChI is InChI=1S/C30H50N6O7/c1-15(2)19(14-43-28(42)35(8)9)33-27(41)34-23(29(3,4)5)26(40)36-13-17-20(30(17,6)7)21(36)25(39)32-18(12-16-10-11-16)22(37)24(31)38/h15-21,23H,10-14H2,1-9H3,(H2,31,38)(H,32,39)(H2,33,34,41)/t17-,18?,19+,20-,21-,23+/m0/s1. The molecule has 3 aliphatic rings. The molecular weight excluding hydrogens is 556 g/mol. The van der Waals surface area contributed by atoms with Crippen LogP contribution in [0.2, 0.25) is 0 Å². The average Bonchev–Trinajstić information content (AvgIpc) is 3.74. The lowest BCUT2D eigenvalue weighted by Gasteiger charge is -2.38. The van der Waals surface area contributed by atoms with E-state index in [2.05, 4.69) is 16.0 Å². The number of nitrogens with zero attached hydrogens (tertiary/aromatic N) is 2. The minimum atomic E-state index is -1.10. The number of primary amides is 1. The van der Waals surface area contributed by atoms with Gasteiger partial charge in [0, 0.05) is 20.6 Å². The van der Waals surface area contributed by atoms with Crippen LogP contribution in [-0.4, -0.2) is 96.8 Å². The zero-order valence-corrected chi connectivity index (χ0v) is 27.0. The number of fused-ring (bicyclic) bond motifs is 1. The molecule has 13 nitrogen and oxygen atoms in total. The molecule has 0 aromatic heterocycles. The summed E-state index contributed by atoms with van der Waals surface area (Å²) in [6, 6.07) is -4.00. The number of amides is 6. The number of carbonyl (C=O) groups excluding carboxylic acids is 6. The van der Waals surface area contributed by atoms with Crippen LogP contribution < -0.4 is 21.7 Å². The lowest BCUT2D eigenvalue weighted by molar-refractivity contribution is -0.145. The van der Waals surface area contributed by atoms with Gasteiger partial charge in [0.15, 0.2) is 0 Å². The van der Waals surface area contributed by atoms with E-state index in [9.17, 15) is 28.8 Å². The molecule has 0 bridgehead atoms. The molecule has 0 spiro atoms. The maximum absolute atomic E-state index is 14.1. The second-order valence-electron chi connectivity index (χ2n) is 14.6. The number of Topliss-reactive ketones (excluding diaryl/α,β-unsaturated/α-hetero) is 1. The van der Waals surface area contributed by atoms with Crippen molar-refractivity contribution in [2.45, 2.75) is 91.9 Å². The largest absolute Gasteiger partial charge is 0.447 e. The van der Waals surface area contributed by atoms with Gasteiger partial charge >= 0.3 is 12.1 Å². The van der Waals surface area contributed by atoms with Crippen molar-refractivity contribution in [2.24, 2.45) is 40.2 Å². The Morgan fingerprint density at radius 3 is 2.12 bits per heavy atom. The molecule has 1 heterocycles. The van der Waals surface area contributed by atoms with E-state index >= 15 is 0 Å². The van der Waals surface area contributed by atoms with Crippen LogP contribution in [0.1, 0.15) is 67.7 Å². The van der Waals surface area contributed by atoms with Crippen LogP contribution in [0.5, 0.6) is 0 Å². The van der Waals surface area contributed by atoms with E-state index in [0.717, 1.165) is 12.8 Å². The van der Waals surface area contributed by atoms with Gasteiger partial charge in [-0.2, -0.15) is 0 Å². The third-order valence-corrected chi connectivity index (χ3v) is 9.16. The molecule has 43 heavy (non-hydrogen) atoms. The summed E-state index contributed by atoms with van der Waals surface area (Å²) in [6.45, 7) is 13.6. The Kier molecular flexibility index (Phi) is 10.1. The van der Waals surface area contributed by atoms with Crippen molar-refractivity contribution in [1.29, 1.82) is 0 Å². The van der Waals surface area contributed by atoms with Crippen molar-refractivity contribution >= 4 is 35.6 Å². The summed E-state index contributed by atoms with van der Waals surface area (Å²) in [4.78, 5) is 80.0. The fourth-order valence-corrected chi connectivity index (χ4v) is 6.01. The topological polar surface area (TPSA) is 180 Å². The number of hydrogen-bond acceptors (Lipinski definition) is 7. The first-order chi connectivity index (χ1) is 19.8. The molecule has 6 atom stereocenters. The van der Waals surface area contributed by atoms with Gasteiger partial charge in [-0.15, -0.1) is 0 Å². The first-order valence-corrected chi connectivity index (χ1v) is 15.1. The van der Waals surface area contributed by atoms with Gasteiger partial charge in [0.25, 0.3) is 5.91 Å². The number of piperidine rings is 1. The van der Waals surface area contributed by atoms with Gasteiger partial charge < -0.3 is 36.2 Å². The molecule has 5 N–H and O–H groups in total. The zero-order chi connectivity index (χ0) is 32.6. The molecule has 1 aliphatic heterocycles. The second-order valence-corrected chi connectivity index (χ2v) is 14.6. The van der Waals surface area contributed by atoms with Crippen molar-refractivity contribution in [3.63, 3.8) is 0 Å². The quantitative estimate of drug-likeness (QED) is 0.241. The van der Waals surface area contributed by atoms with Crippen LogP contribution in [0, 0.1) is 34.5 Å². The lowest BCUT2D eigenvalue weighted by Crippen LogP contribution is -2.62. The average molecular weight is 607 g/mol. The van der Waals surface area contributed by atoms with E-state index in [1.165, 1.54) is 9.80 Å². The van der Waals surface area contributed by atoms with Gasteiger partial charge in [0.05, 0.1) is 12.1 Å². The number of nitrogens with two attached hydrogens (primary N) is 1. The minimum absolute atomic E-state index is 0.0465. The van der Waals surface area contributed by atoms with Gasteiger partial charge in [-0.25, -0.2) is 9.59 Å². The highest BCUT2D eigenvalue weighted by molar-refractivity contribution is 6.37. The molecule has 3 rings (SSSR count). The fraction of sp³-hybridized carbons (Fsp3) is 0.800. The number of hydrogen-bond donors (Lipinski definition) is 4. The Bertz CT molecular complexity index is 1130.